The summed E-state index contributed by atoms with van der Waals surface area (Å²) in [6.45, 7) is 1.75. The first-order valence-electron chi connectivity index (χ1n) is 7.98. The van der Waals surface area contributed by atoms with Crippen LogP contribution in [0.5, 0.6) is 0 Å². The van der Waals surface area contributed by atoms with E-state index in [1.165, 1.54) is 24.1 Å². The van der Waals surface area contributed by atoms with Gasteiger partial charge in [-0.15, -0.1) is 11.8 Å². The molecule has 0 bridgehead atoms. The van der Waals surface area contributed by atoms with Crippen molar-refractivity contribution in [1.82, 2.24) is 15.3 Å². The van der Waals surface area contributed by atoms with Gasteiger partial charge in [0.25, 0.3) is 11.6 Å². The molecule has 3 rings (SSSR count). The summed E-state index contributed by atoms with van der Waals surface area (Å²) in [4.78, 5) is 32.1. The number of nitrogens with zero attached hydrogens (tertiary/aromatic N) is 3. The molecule has 9 heteroatoms. The molecule has 1 N–H and O–H groups in total. The number of hydrogen-bond acceptors (Lipinski definition) is 7. The van der Waals surface area contributed by atoms with Gasteiger partial charge in [0, 0.05) is 18.2 Å². The molecule has 0 aliphatic heterocycles. The van der Waals surface area contributed by atoms with Gasteiger partial charge in [0.15, 0.2) is 11.6 Å². The van der Waals surface area contributed by atoms with E-state index in [1.54, 1.807) is 37.3 Å². The van der Waals surface area contributed by atoms with E-state index in [1.807, 2.05) is 6.26 Å². The van der Waals surface area contributed by atoms with Crippen molar-refractivity contribution in [2.45, 2.75) is 18.5 Å². The Bertz CT molecular complexity index is 989. The molecule has 1 aromatic carbocycles. The number of furan rings is 1. The fraction of sp³-hybridized carbons (Fsp3) is 0.167. The van der Waals surface area contributed by atoms with Crippen LogP contribution in [0.4, 0.5) is 5.69 Å². The Hall–Kier alpha value is -3.20. The van der Waals surface area contributed by atoms with Crippen LogP contribution in [0.15, 0.2) is 52.1 Å². The highest BCUT2D eigenvalue weighted by Gasteiger charge is 2.21. The molecule has 0 unspecified atom stereocenters. The van der Waals surface area contributed by atoms with Gasteiger partial charge in [-0.3, -0.25) is 14.9 Å². The topological polar surface area (TPSA) is 111 Å². The standard InChI is InChI=1S/C18H16N4O4S/c1-11-15(18(27-2)21-16(20-11)14-8-5-9-26-14)17(23)19-10-12-6-3-4-7-13(12)22(24)25/h3-9H,10H2,1-2H3,(H,19,23). The molecule has 0 radical (unpaired) electrons. The summed E-state index contributed by atoms with van der Waals surface area (Å²) in [7, 11) is 0. The largest absolute Gasteiger partial charge is 0.461 e. The van der Waals surface area contributed by atoms with Crippen LogP contribution in [0, 0.1) is 17.0 Å². The van der Waals surface area contributed by atoms with Crippen molar-refractivity contribution >= 4 is 23.4 Å². The number of aromatic nitrogens is 2. The minimum absolute atomic E-state index is 0.0309. The zero-order chi connectivity index (χ0) is 19.4. The van der Waals surface area contributed by atoms with E-state index in [2.05, 4.69) is 15.3 Å². The minimum Gasteiger partial charge on any atom is -0.461 e. The maximum atomic E-state index is 12.7. The first kappa shape index (κ1) is 18.6. The van der Waals surface area contributed by atoms with Crippen LogP contribution in [0.1, 0.15) is 21.6 Å². The molecule has 3 aromatic rings. The van der Waals surface area contributed by atoms with E-state index in [-0.39, 0.29) is 18.1 Å². The second kappa shape index (κ2) is 8.00. The zero-order valence-corrected chi connectivity index (χ0v) is 15.4. The molecule has 0 saturated heterocycles. The van der Waals surface area contributed by atoms with E-state index in [9.17, 15) is 14.9 Å². The average Bonchev–Trinajstić information content (AvgIpc) is 3.20. The summed E-state index contributed by atoms with van der Waals surface area (Å²) in [5.41, 5.74) is 1.23. The Morgan fingerprint density at radius 2 is 2.04 bits per heavy atom. The van der Waals surface area contributed by atoms with Crippen LogP contribution in [-0.2, 0) is 6.54 Å². The third kappa shape index (κ3) is 3.98. The van der Waals surface area contributed by atoms with Gasteiger partial charge in [0.1, 0.15) is 5.03 Å². The van der Waals surface area contributed by atoms with Crippen molar-refractivity contribution in [3.05, 3.63) is 69.6 Å². The Balaban J connectivity index is 1.86. The van der Waals surface area contributed by atoms with Gasteiger partial charge in [0.2, 0.25) is 0 Å². The summed E-state index contributed by atoms with van der Waals surface area (Å²) in [5, 5.41) is 14.3. The van der Waals surface area contributed by atoms with Crippen molar-refractivity contribution in [2.75, 3.05) is 6.26 Å². The predicted octanol–water partition coefficient (Wildman–Crippen LogP) is 3.61. The van der Waals surface area contributed by atoms with Crippen molar-refractivity contribution in [3.63, 3.8) is 0 Å². The Morgan fingerprint density at radius 1 is 1.26 bits per heavy atom. The Morgan fingerprint density at radius 3 is 2.70 bits per heavy atom. The molecule has 0 saturated carbocycles. The van der Waals surface area contributed by atoms with E-state index < -0.39 is 4.92 Å². The molecule has 0 fully saturated rings. The number of nitro groups is 1. The van der Waals surface area contributed by atoms with Crippen LogP contribution >= 0.6 is 11.8 Å². The molecule has 27 heavy (non-hydrogen) atoms. The van der Waals surface area contributed by atoms with Crippen molar-refractivity contribution in [3.8, 4) is 11.6 Å². The third-order valence-corrected chi connectivity index (χ3v) is 4.53. The number of aryl methyl sites for hydroxylation is 1. The smallest absolute Gasteiger partial charge is 0.274 e. The fourth-order valence-electron chi connectivity index (χ4n) is 2.57. The summed E-state index contributed by atoms with van der Waals surface area (Å²) in [5.74, 6) is 0.526. The van der Waals surface area contributed by atoms with Gasteiger partial charge in [-0.05, 0) is 25.3 Å². The lowest BCUT2D eigenvalue weighted by atomic mass is 10.1. The van der Waals surface area contributed by atoms with Gasteiger partial charge < -0.3 is 9.73 Å². The lowest BCUT2D eigenvalue weighted by molar-refractivity contribution is -0.385. The number of rotatable bonds is 6. The quantitative estimate of drug-likeness (QED) is 0.299. The van der Waals surface area contributed by atoms with Crippen molar-refractivity contribution in [1.29, 1.82) is 0 Å². The first-order chi connectivity index (χ1) is 13.0. The third-order valence-electron chi connectivity index (χ3n) is 3.85. The highest BCUT2D eigenvalue weighted by Crippen LogP contribution is 2.25. The molecule has 0 atom stereocenters. The van der Waals surface area contributed by atoms with Gasteiger partial charge in [-0.25, -0.2) is 9.97 Å². The van der Waals surface area contributed by atoms with Crippen LogP contribution in [0.3, 0.4) is 0 Å². The van der Waals surface area contributed by atoms with Gasteiger partial charge in [-0.1, -0.05) is 18.2 Å². The number of carbonyl (C=O) groups is 1. The molecule has 2 heterocycles. The number of benzene rings is 1. The normalized spacial score (nSPS) is 10.6. The van der Waals surface area contributed by atoms with E-state index in [0.717, 1.165) is 0 Å². The second-order valence-corrected chi connectivity index (χ2v) is 6.36. The highest BCUT2D eigenvalue weighted by atomic mass is 32.2. The number of carbonyl (C=O) groups excluding carboxylic acids is 1. The molecule has 138 valence electrons. The molecule has 0 aliphatic rings. The summed E-state index contributed by atoms with van der Waals surface area (Å²) in [6.07, 6.45) is 3.34. The number of para-hydroxylation sites is 1. The van der Waals surface area contributed by atoms with Crippen LogP contribution in [0.2, 0.25) is 0 Å². The van der Waals surface area contributed by atoms with E-state index >= 15 is 0 Å². The highest BCUT2D eigenvalue weighted by molar-refractivity contribution is 7.98. The number of hydrogen-bond donors (Lipinski definition) is 1. The summed E-state index contributed by atoms with van der Waals surface area (Å²) >= 11 is 1.32. The van der Waals surface area contributed by atoms with Crippen LogP contribution in [-0.4, -0.2) is 27.1 Å². The first-order valence-corrected chi connectivity index (χ1v) is 9.20. The van der Waals surface area contributed by atoms with Gasteiger partial charge in [0.05, 0.1) is 22.4 Å². The molecule has 1 amide bonds. The summed E-state index contributed by atoms with van der Waals surface area (Å²) < 4.78 is 5.32. The average molecular weight is 384 g/mol. The molecule has 0 spiro atoms. The van der Waals surface area contributed by atoms with Crippen molar-refractivity contribution in [2.24, 2.45) is 0 Å². The van der Waals surface area contributed by atoms with Gasteiger partial charge in [-0.2, -0.15) is 0 Å². The van der Waals surface area contributed by atoms with Gasteiger partial charge >= 0.3 is 0 Å². The number of thioether (sulfide) groups is 1. The SMILES string of the molecule is CSc1nc(-c2ccco2)nc(C)c1C(=O)NCc1ccccc1[N+](=O)[O-]. The Kier molecular flexibility index (Phi) is 5.51. The second-order valence-electron chi connectivity index (χ2n) is 5.56. The fourth-order valence-corrected chi connectivity index (χ4v) is 3.20. The Labute approximate surface area is 159 Å². The molecule has 2 aromatic heterocycles. The molecule has 0 aliphatic carbocycles. The maximum Gasteiger partial charge on any atom is 0.274 e. The van der Waals surface area contributed by atoms with Crippen LogP contribution in [0.25, 0.3) is 11.6 Å². The lowest BCUT2D eigenvalue weighted by Gasteiger charge is -2.12. The maximum absolute atomic E-state index is 12.7. The number of nitro benzene ring substituents is 1. The zero-order valence-electron chi connectivity index (χ0n) is 14.6. The van der Waals surface area contributed by atoms with E-state index in [4.69, 9.17) is 4.42 Å². The lowest BCUT2D eigenvalue weighted by Crippen LogP contribution is -2.25. The molecular weight excluding hydrogens is 368 g/mol. The van der Waals surface area contributed by atoms with E-state index in [0.29, 0.717) is 33.4 Å². The minimum atomic E-state index is -0.471. The number of nitrogens with one attached hydrogen (secondary N) is 1. The van der Waals surface area contributed by atoms with Crippen LogP contribution < -0.4 is 5.32 Å². The summed E-state index contributed by atoms with van der Waals surface area (Å²) in [6, 6.07) is 9.76. The number of amides is 1. The van der Waals surface area contributed by atoms with Crippen molar-refractivity contribution < 1.29 is 14.1 Å². The monoisotopic (exact) mass is 384 g/mol. The predicted molar refractivity (Wildman–Crippen MR) is 101 cm³/mol. The molecule has 8 nitrogen and oxygen atoms in total. The molecular formula is C18H16N4O4S.